The van der Waals surface area contributed by atoms with Gasteiger partial charge in [0.05, 0.1) is 16.8 Å². The molecule has 5 nitrogen and oxygen atoms in total. The largest absolute Gasteiger partial charge is 0.354 e. The minimum Gasteiger partial charge on any atom is -0.354 e. The first-order valence-electron chi connectivity index (χ1n) is 8.24. The molecule has 0 unspecified atom stereocenters. The number of aryl methyl sites for hydroxylation is 3. The third-order valence-electron chi connectivity index (χ3n) is 4.05. The van der Waals surface area contributed by atoms with Crippen LogP contribution in [0.25, 0.3) is 0 Å². The lowest BCUT2D eigenvalue weighted by Gasteiger charge is -2.13. The number of nitrogens with zero attached hydrogens (tertiary/aromatic N) is 1. The lowest BCUT2D eigenvalue weighted by atomic mass is 10.1. The summed E-state index contributed by atoms with van der Waals surface area (Å²) in [6, 6.07) is 16.3. The molecule has 0 saturated heterocycles. The highest BCUT2D eigenvalue weighted by molar-refractivity contribution is 7.92. The van der Waals surface area contributed by atoms with Gasteiger partial charge in [-0.05, 0) is 61.7 Å². The standard InChI is InChI=1S/C20H21N3O2S/c1-14-6-4-9-18(12-14)26(24,25)23-19-11-10-17(13-21-19)22-20-15(2)7-5-8-16(20)3/h4-13,22H,1-3H3,(H,21,23). The second kappa shape index (κ2) is 7.17. The van der Waals surface area contributed by atoms with Crippen LogP contribution in [0.1, 0.15) is 16.7 Å². The Bertz CT molecular complexity index is 1010. The molecule has 0 bridgehead atoms. The number of para-hydroxylation sites is 1. The monoisotopic (exact) mass is 367 g/mol. The zero-order chi connectivity index (χ0) is 18.7. The fourth-order valence-electron chi connectivity index (χ4n) is 2.66. The van der Waals surface area contributed by atoms with Crippen LogP contribution in [0.4, 0.5) is 17.2 Å². The van der Waals surface area contributed by atoms with Crippen LogP contribution >= 0.6 is 0 Å². The molecule has 3 aromatic rings. The highest BCUT2D eigenvalue weighted by atomic mass is 32.2. The van der Waals surface area contributed by atoms with Crippen molar-refractivity contribution in [2.75, 3.05) is 10.0 Å². The van der Waals surface area contributed by atoms with E-state index in [0.29, 0.717) is 0 Å². The molecule has 0 aliphatic heterocycles. The Morgan fingerprint density at radius 2 is 1.58 bits per heavy atom. The Morgan fingerprint density at radius 1 is 0.885 bits per heavy atom. The van der Waals surface area contributed by atoms with Crippen molar-refractivity contribution in [1.29, 1.82) is 0 Å². The van der Waals surface area contributed by atoms with E-state index in [9.17, 15) is 8.42 Å². The second-order valence-corrected chi connectivity index (χ2v) is 7.93. The molecule has 6 heteroatoms. The molecule has 0 spiro atoms. The predicted octanol–water partition coefficient (Wildman–Crippen LogP) is 4.55. The molecule has 0 aliphatic rings. The van der Waals surface area contributed by atoms with Gasteiger partial charge in [-0.2, -0.15) is 0 Å². The van der Waals surface area contributed by atoms with E-state index in [-0.39, 0.29) is 10.7 Å². The average Bonchev–Trinajstić information content (AvgIpc) is 2.59. The molecule has 26 heavy (non-hydrogen) atoms. The summed E-state index contributed by atoms with van der Waals surface area (Å²) in [5.41, 5.74) is 4.97. The van der Waals surface area contributed by atoms with Crippen molar-refractivity contribution in [1.82, 2.24) is 4.98 Å². The maximum atomic E-state index is 12.5. The van der Waals surface area contributed by atoms with Gasteiger partial charge in [-0.3, -0.25) is 4.72 Å². The van der Waals surface area contributed by atoms with Gasteiger partial charge in [-0.15, -0.1) is 0 Å². The molecule has 3 rings (SSSR count). The first-order valence-corrected chi connectivity index (χ1v) is 9.72. The van der Waals surface area contributed by atoms with Gasteiger partial charge in [0, 0.05) is 5.69 Å². The summed E-state index contributed by atoms with van der Waals surface area (Å²) in [7, 11) is -3.65. The Balaban J connectivity index is 1.78. The molecular weight excluding hydrogens is 346 g/mol. The Labute approximate surface area is 154 Å². The summed E-state index contributed by atoms with van der Waals surface area (Å²) < 4.78 is 27.4. The Morgan fingerprint density at radius 3 is 2.19 bits per heavy atom. The summed E-state index contributed by atoms with van der Waals surface area (Å²) in [5, 5.41) is 3.33. The molecule has 0 fully saturated rings. The van der Waals surface area contributed by atoms with Crippen molar-refractivity contribution < 1.29 is 8.42 Å². The van der Waals surface area contributed by atoms with Gasteiger partial charge in [0.15, 0.2) is 0 Å². The number of hydrogen-bond acceptors (Lipinski definition) is 4. The summed E-state index contributed by atoms with van der Waals surface area (Å²) in [6.07, 6.45) is 1.61. The molecule has 0 amide bonds. The van der Waals surface area contributed by atoms with Crippen LogP contribution in [0.3, 0.4) is 0 Å². The predicted molar refractivity (Wildman–Crippen MR) is 105 cm³/mol. The molecule has 0 atom stereocenters. The number of hydrogen-bond donors (Lipinski definition) is 2. The first-order chi connectivity index (χ1) is 12.3. The van der Waals surface area contributed by atoms with Gasteiger partial charge in [-0.1, -0.05) is 30.3 Å². The van der Waals surface area contributed by atoms with E-state index in [0.717, 1.165) is 28.1 Å². The van der Waals surface area contributed by atoms with Crippen molar-refractivity contribution in [2.45, 2.75) is 25.7 Å². The molecular formula is C20H21N3O2S. The van der Waals surface area contributed by atoms with Crippen molar-refractivity contribution in [2.24, 2.45) is 0 Å². The van der Waals surface area contributed by atoms with E-state index < -0.39 is 10.0 Å². The number of aromatic nitrogens is 1. The molecule has 2 N–H and O–H groups in total. The number of nitrogens with one attached hydrogen (secondary N) is 2. The van der Waals surface area contributed by atoms with Gasteiger partial charge in [0.2, 0.25) is 0 Å². The number of anilines is 3. The highest BCUT2D eigenvalue weighted by Gasteiger charge is 2.14. The number of sulfonamides is 1. The highest BCUT2D eigenvalue weighted by Crippen LogP contribution is 2.24. The molecule has 0 aliphatic carbocycles. The first kappa shape index (κ1) is 17.9. The topological polar surface area (TPSA) is 71.1 Å². The van der Waals surface area contributed by atoms with Crippen LogP contribution in [0.5, 0.6) is 0 Å². The normalized spacial score (nSPS) is 11.2. The zero-order valence-corrected chi connectivity index (χ0v) is 15.8. The minimum absolute atomic E-state index is 0.219. The van der Waals surface area contributed by atoms with Crippen LogP contribution in [0.15, 0.2) is 65.7 Å². The number of rotatable bonds is 5. The molecule has 2 aromatic carbocycles. The lowest BCUT2D eigenvalue weighted by molar-refractivity contribution is 0.601. The Kier molecular flexibility index (Phi) is 4.95. The summed E-state index contributed by atoms with van der Waals surface area (Å²) in [6.45, 7) is 5.92. The SMILES string of the molecule is Cc1cccc(S(=O)(=O)Nc2ccc(Nc3c(C)cccc3C)cn2)c1. The van der Waals surface area contributed by atoms with E-state index in [4.69, 9.17) is 0 Å². The summed E-state index contributed by atoms with van der Waals surface area (Å²) in [4.78, 5) is 4.43. The molecule has 1 aromatic heterocycles. The Hall–Kier alpha value is -2.86. The molecule has 0 radical (unpaired) electrons. The van der Waals surface area contributed by atoms with Crippen LogP contribution in [0.2, 0.25) is 0 Å². The van der Waals surface area contributed by atoms with Gasteiger partial charge in [0.1, 0.15) is 5.82 Å². The van der Waals surface area contributed by atoms with Gasteiger partial charge in [0.25, 0.3) is 10.0 Å². The number of benzene rings is 2. The molecule has 1 heterocycles. The van der Waals surface area contributed by atoms with Crippen LogP contribution in [-0.2, 0) is 10.0 Å². The van der Waals surface area contributed by atoms with Crippen molar-refractivity contribution in [3.63, 3.8) is 0 Å². The molecule has 0 saturated carbocycles. The number of pyridine rings is 1. The van der Waals surface area contributed by atoms with Crippen molar-refractivity contribution in [3.05, 3.63) is 77.5 Å². The van der Waals surface area contributed by atoms with E-state index in [2.05, 4.69) is 15.0 Å². The van der Waals surface area contributed by atoms with E-state index in [1.807, 2.05) is 45.0 Å². The minimum atomic E-state index is -3.65. The summed E-state index contributed by atoms with van der Waals surface area (Å²) >= 11 is 0. The fraction of sp³-hybridized carbons (Fsp3) is 0.150. The lowest BCUT2D eigenvalue weighted by Crippen LogP contribution is -2.14. The summed E-state index contributed by atoms with van der Waals surface area (Å²) in [5.74, 6) is 0.276. The zero-order valence-electron chi connectivity index (χ0n) is 14.9. The fourth-order valence-corrected chi connectivity index (χ4v) is 3.78. The molecule has 134 valence electrons. The van der Waals surface area contributed by atoms with Gasteiger partial charge >= 0.3 is 0 Å². The smallest absolute Gasteiger partial charge is 0.263 e. The van der Waals surface area contributed by atoms with Crippen LogP contribution in [0, 0.1) is 20.8 Å². The van der Waals surface area contributed by atoms with Gasteiger partial charge < -0.3 is 5.32 Å². The van der Waals surface area contributed by atoms with Crippen LogP contribution in [-0.4, -0.2) is 13.4 Å². The van der Waals surface area contributed by atoms with E-state index in [1.54, 1.807) is 36.5 Å². The quantitative estimate of drug-likeness (QED) is 0.694. The second-order valence-electron chi connectivity index (χ2n) is 6.25. The van der Waals surface area contributed by atoms with E-state index in [1.165, 1.54) is 0 Å². The third-order valence-corrected chi connectivity index (χ3v) is 5.41. The third kappa shape index (κ3) is 4.03. The van der Waals surface area contributed by atoms with Crippen molar-refractivity contribution in [3.8, 4) is 0 Å². The van der Waals surface area contributed by atoms with Crippen LogP contribution < -0.4 is 10.0 Å². The maximum Gasteiger partial charge on any atom is 0.263 e. The van der Waals surface area contributed by atoms with Crippen molar-refractivity contribution >= 4 is 27.2 Å². The average molecular weight is 367 g/mol. The van der Waals surface area contributed by atoms with E-state index >= 15 is 0 Å². The van der Waals surface area contributed by atoms with Gasteiger partial charge in [-0.25, -0.2) is 13.4 Å². The maximum absolute atomic E-state index is 12.5.